The average molecular weight is 408 g/mol. The number of hydrogen-bond donors (Lipinski definition) is 1. The molecule has 4 rings (SSSR count). The molecule has 0 bridgehead atoms. The van der Waals surface area contributed by atoms with E-state index in [1.54, 1.807) is 14.2 Å². The van der Waals surface area contributed by atoms with E-state index in [0.717, 1.165) is 28.0 Å². The summed E-state index contributed by atoms with van der Waals surface area (Å²) in [6, 6.07) is 15.9. The lowest BCUT2D eigenvalue weighted by molar-refractivity contribution is -0.130. The normalized spacial score (nSPS) is 15.7. The molecule has 0 unspecified atom stereocenters. The Hall–Kier alpha value is -2.99. The van der Waals surface area contributed by atoms with Crippen LogP contribution >= 0.6 is 0 Å². The number of ether oxygens (including phenoxy) is 3. The monoisotopic (exact) mass is 408 g/mol. The average Bonchev–Trinajstić information content (AvgIpc) is 3.22. The number of amides is 1. The van der Waals surface area contributed by atoms with Gasteiger partial charge in [-0.05, 0) is 48.7 Å². The van der Waals surface area contributed by atoms with Crippen molar-refractivity contribution in [1.82, 2.24) is 9.88 Å². The summed E-state index contributed by atoms with van der Waals surface area (Å²) in [5.74, 6) is 1.71. The van der Waals surface area contributed by atoms with Crippen LogP contribution in [0.4, 0.5) is 0 Å². The van der Waals surface area contributed by atoms with Crippen LogP contribution in [0.5, 0.6) is 11.5 Å². The number of nitrogens with one attached hydrogen (secondary N) is 1. The van der Waals surface area contributed by atoms with Gasteiger partial charge in [-0.25, -0.2) is 0 Å². The van der Waals surface area contributed by atoms with Crippen molar-refractivity contribution < 1.29 is 19.0 Å². The number of rotatable bonds is 7. The van der Waals surface area contributed by atoms with Crippen LogP contribution in [0.2, 0.25) is 0 Å². The van der Waals surface area contributed by atoms with Gasteiger partial charge in [-0.15, -0.1) is 0 Å². The van der Waals surface area contributed by atoms with Crippen LogP contribution in [0.25, 0.3) is 10.9 Å². The van der Waals surface area contributed by atoms with Crippen molar-refractivity contribution in [3.05, 3.63) is 60.3 Å². The molecule has 0 atom stereocenters. The zero-order valence-electron chi connectivity index (χ0n) is 17.5. The van der Waals surface area contributed by atoms with Crippen molar-refractivity contribution in [2.45, 2.75) is 24.8 Å². The minimum Gasteiger partial charge on any atom is -0.497 e. The van der Waals surface area contributed by atoms with Crippen LogP contribution < -0.4 is 14.8 Å². The Kier molecular flexibility index (Phi) is 5.95. The molecule has 0 spiro atoms. The van der Waals surface area contributed by atoms with Crippen molar-refractivity contribution in [2.24, 2.45) is 0 Å². The smallest absolute Gasteiger partial charge is 0.230 e. The Morgan fingerprint density at radius 1 is 1.07 bits per heavy atom. The van der Waals surface area contributed by atoms with E-state index in [4.69, 9.17) is 14.2 Å². The molecule has 0 radical (unpaired) electrons. The van der Waals surface area contributed by atoms with Crippen LogP contribution in [0.15, 0.2) is 54.7 Å². The Balaban J connectivity index is 1.48. The molecule has 3 aromatic rings. The standard InChI is InChI=1S/C24H28N2O4/c1-28-19-8-6-18(7-9-19)24(11-16-30-17-12-24)23(27)25-13-15-26-14-10-20-21(26)4-3-5-22(20)29-2/h3-10,14H,11-13,15-17H2,1-2H3,(H,25,27). The summed E-state index contributed by atoms with van der Waals surface area (Å²) in [5, 5.41) is 4.25. The molecule has 2 heterocycles. The molecule has 6 nitrogen and oxygen atoms in total. The van der Waals surface area contributed by atoms with Gasteiger partial charge in [0.05, 0.1) is 25.2 Å². The molecule has 1 saturated heterocycles. The van der Waals surface area contributed by atoms with Crippen molar-refractivity contribution in [2.75, 3.05) is 34.0 Å². The van der Waals surface area contributed by atoms with Gasteiger partial charge in [0.2, 0.25) is 5.91 Å². The van der Waals surface area contributed by atoms with E-state index in [1.807, 2.05) is 48.7 Å². The second-order valence-electron chi connectivity index (χ2n) is 7.58. The fraction of sp³-hybridized carbons (Fsp3) is 0.375. The summed E-state index contributed by atoms with van der Waals surface area (Å²) in [6.45, 7) is 2.42. The Labute approximate surface area is 176 Å². The SMILES string of the molecule is COc1ccc(C2(C(=O)NCCn3ccc4c(OC)cccc43)CCOCC2)cc1. The number of benzene rings is 2. The first-order valence-corrected chi connectivity index (χ1v) is 10.3. The van der Waals surface area contributed by atoms with E-state index < -0.39 is 5.41 Å². The molecule has 0 saturated carbocycles. The van der Waals surface area contributed by atoms with Gasteiger partial charge < -0.3 is 24.1 Å². The van der Waals surface area contributed by atoms with Gasteiger partial charge >= 0.3 is 0 Å². The molecule has 1 amide bonds. The third kappa shape index (κ3) is 3.75. The molecule has 1 N–H and O–H groups in total. The predicted octanol–water partition coefficient (Wildman–Crippen LogP) is 3.52. The molecule has 1 aromatic heterocycles. The first-order chi connectivity index (χ1) is 14.7. The summed E-state index contributed by atoms with van der Waals surface area (Å²) >= 11 is 0. The van der Waals surface area contributed by atoms with E-state index in [9.17, 15) is 4.79 Å². The third-order valence-electron chi connectivity index (χ3n) is 6.06. The molecular formula is C24H28N2O4. The first-order valence-electron chi connectivity index (χ1n) is 10.3. The minimum atomic E-state index is -0.563. The van der Waals surface area contributed by atoms with E-state index in [-0.39, 0.29) is 5.91 Å². The Bertz CT molecular complexity index is 1000. The number of carbonyl (C=O) groups is 1. The Morgan fingerprint density at radius 2 is 1.83 bits per heavy atom. The molecule has 1 aliphatic heterocycles. The third-order valence-corrected chi connectivity index (χ3v) is 6.06. The van der Waals surface area contributed by atoms with Gasteiger partial charge in [0.25, 0.3) is 0 Å². The van der Waals surface area contributed by atoms with Crippen LogP contribution in [0.3, 0.4) is 0 Å². The zero-order chi connectivity index (χ0) is 21.0. The van der Waals surface area contributed by atoms with Gasteiger partial charge in [-0.2, -0.15) is 0 Å². The molecule has 30 heavy (non-hydrogen) atoms. The molecule has 2 aromatic carbocycles. The van der Waals surface area contributed by atoms with Crippen molar-refractivity contribution in [1.29, 1.82) is 0 Å². The first kappa shape index (κ1) is 20.3. The van der Waals surface area contributed by atoms with E-state index in [1.165, 1.54) is 0 Å². The summed E-state index contributed by atoms with van der Waals surface area (Å²) in [7, 11) is 3.32. The molecule has 158 valence electrons. The fourth-order valence-electron chi connectivity index (χ4n) is 4.30. The van der Waals surface area contributed by atoms with E-state index in [2.05, 4.69) is 16.0 Å². The van der Waals surface area contributed by atoms with Crippen molar-refractivity contribution in [3.63, 3.8) is 0 Å². The van der Waals surface area contributed by atoms with Crippen LogP contribution in [0, 0.1) is 0 Å². The summed E-state index contributed by atoms with van der Waals surface area (Å²) in [6.07, 6.45) is 3.39. The lowest BCUT2D eigenvalue weighted by atomic mass is 9.73. The molecule has 6 heteroatoms. The fourth-order valence-corrected chi connectivity index (χ4v) is 4.30. The summed E-state index contributed by atoms with van der Waals surface area (Å²) in [5.41, 5.74) is 1.55. The number of carbonyl (C=O) groups excluding carboxylic acids is 1. The van der Waals surface area contributed by atoms with E-state index >= 15 is 0 Å². The number of fused-ring (bicyclic) bond motifs is 1. The minimum absolute atomic E-state index is 0.0602. The second kappa shape index (κ2) is 8.79. The number of nitrogens with zero attached hydrogens (tertiary/aromatic N) is 1. The predicted molar refractivity (Wildman–Crippen MR) is 116 cm³/mol. The molecule has 1 fully saturated rings. The largest absolute Gasteiger partial charge is 0.497 e. The molecular weight excluding hydrogens is 380 g/mol. The zero-order valence-corrected chi connectivity index (χ0v) is 17.5. The van der Waals surface area contributed by atoms with Crippen LogP contribution in [-0.2, 0) is 21.5 Å². The quantitative estimate of drug-likeness (QED) is 0.650. The highest BCUT2D eigenvalue weighted by molar-refractivity contribution is 5.88. The lowest BCUT2D eigenvalue weighted by Gasteiger charge is -2.36. The van der Waals surface area contributed by atoms with Gasteiger partial charge in [0.15, 0.2) is 0 Å². The van der Waals surface area contributed by atoms with Crippen LogP contribution in [0.1, 0.15) is 18.4 Å². The molecule has 1 aliphatic rings. The highest BCUT2D eigenvalue weighted by Crippen LogP contribution is 2.36. The van der Waals surface area contributed by atoms with Gasteiger partial charge in [-0.1, -0.05) is 18.2 Å². The second-order valence-corrected chi connectivity index (χ2v) is 7.58. The summed E-state index contributed by atoms with van der Waals surface area (Å²) < 4.78 is 18.4. The van der Waals surface area contributed by atoms with Crippen molar-refractivity contribution >= 4 is 16.8 Å². The Morgan fingerprint density at radius 3 is 2.53 bits per heavy atom. The lowest BCUT2D eigenvalue weighted by Crippen LogP contribution is -2.48. The number of hydrogen-bond acceptors (Lipinski definition) is 4. The maximum Gasteiger partial charge on any atom is 0.230 e. The molecule has 0 aliphatic carbocycles. The maximum atomic E-state index is 13.3. The van der Waals surface area contributed by atoms with Gasteiger partial charge in [0, 0.05) is 37.9 Å². The van der Waals surface area contributed by atoms with Crippen molar-refractivity contribution in [3.8, 4) is 11.5 Å². The maximum absolute atomic E-state index is 13.3. The topological polar surface area (TPSA) is 61.7 Å². The number of methoxy groups -OCH3 is 2. The highest BCUT2D eigenvalue weighted by Gasteiger charge is 2.41. The van der Waals surface area contributed by atoms with Gasteiger partial charge in [0.1, 0.15) is 11.5 Å². The number of aromatic nitrogens is 1. The van der Waals surface area contributed by atoms with E-state index in [0.29, 0.717) is 39.1 Å². The highest BCUT2D eigenvalue weighted by atomic mass is 16.5. The van der Waals surface area contributed by atoms with Gasteiger partial charge in [-0.3, -0.25) is 4.79 Å². The summed E-state index contributed by atoms with van der Waals surface area (Å²) in [4.78, 5) is 13.3. The van der Waals surface area contributed by atoms with Crippen LogP contribution in [-0.4, -0.2) is 44.5 Å².